The summed E-state index contributed by atoms with van der Waals surface area (Å²) in [7, 11) is -3.96. The van der Waals surface area contributed by atoms with Crippen LogP contribution in [0.25, 0.3) is 32.7 Å². The molecule has 8 aromatic rings. The predicted molar refractivity (Wildman–Crippen MR) is 263 cm³/mol. The van der Waals surface area contributed by atoms with Crippen LogP contribution in [0.3, 0.4) is 0 Å². The molecule has 0 bridgehead atoms. The predicted octanol–water partition coefficient (Wildman–Crippen LogP) is 16.2. The van der Waals surface area contributed by atoms with Crippen LogP contribution in [-0.4, -0.2) is 16.1 Å². The lowest BCUT2D eigenvalue weighted by atomic mass is 9.97. The molecule has 1 aliphatic carbocycles. The first-order valence-electron chi connectivity index (χ1n) is 21.2. The van der Waals surface area contributed by atoms with E-state index in [0.717, 1.165) is 11.4 Å². The smallest absolute Gasteiger partial charge is 0.0579 e. The second-order valence-corrected chi connectivity index (χ2v) is 30.0. The summed E-state index contributed by atoms with van der Waals surface area (Å²) in [5.41, 5.74) is 18.2. The van der Waals surface area contributed by atoms with Crippen molar-refractivity contribution >= 4 is 71.8 Å². The Morgan fingerprint density at radius 1 is 0.356 bits per heavy atom. The van der Waals surface area contributed by atoms with Crippen LogP contribution < -0.4 is 9.80 Å². The van der Waals surface area contributed by atoms with E-state index >= 15 is 0 Å². The molecule has 4 heteroatoms. The number of para-hydroxylation sites is 2. The molecule has 0 fully saturated rings. The third kappa shape index (κ3) is 6.27. The second-order valence-electron chi connectivity index (χ2n) is 19.0. The SMILES string of the molecule is Cc1ccc(N(c2ccccc2)c2ccc3cc4c(cc3c2)C([Si](C)(C)C)([Si](C)(C)C)c2c-4ccc3cc(N(c4ccccc4)c4ccc(C)c(C)c4)ccc23)cc1C. The zero-order valence-electron chi connectivity index (χ0n) is 36.4. The maximum Gasteiger partial charge on any atom is 0.0579 e. The van der Waals surface area contributed by atoms with Gasteiger partial charge in [0.1, 0.15) is 0 Å². The highest BCUT2D eigenvalue weighted by molar-refractivity contribution is 7.00. The molecular weight excluding hydrogens is 745 g/mol. The Morgan fingerprint density at radius 3 is 1.32 bits per heavy atom. The number of benzene rings is 8. The Bertz CT molecular complexity index is 2890. The largest absolute Gasteiger partial charge is 0.310 e. The molecule has 0 aliphatic heterocycles. The summed E-state index contributed by atoms with van der Waals surface area (Å²) in [6.45, 7) is 24.6. The highest BCUT2D eigenvalue weighted by Crippen LogP contribution is 2.60. The van der Waals surface area contributed by atoms with Crippen molar-refractivity contribution in [2.45, 2.75) is 71.6 Å². The fraction of sp³-hybridized carbons (Fsp3) is 0.200. The molecule has 9 rings (SSSR count). The minimum absolute atomic E-state index is 0.0176. The summed E-state index contributed by atoms with van der Waals surface area (Å²) >= 11 is 0. The van der Waals surface area contributed by atoms with Crippen molar-refractivity contribution in [3.8, 4) is 11.1 Å². The van der Waals surface area contributed by atoms with Crippen LogP contribution in [0.4, 0.5) is 34.1 Å². The van der Waals surface area contributed by atoms with Gasteiger partial charge in [0, 0.05) is 38.8 Å². The molecule has 0 radical (unpaired) electrons. The van der Waals surface area contributed by atoms with Crippen LogP contribution in [0.1, 0.15) is 33.4 Å². The Hall–Kier alpha value is -5.69. The highest BCUT2D eigenvalue weighted by Gasteiger charge is 2.59. The standard InChI is InChI=1S/C55H56N2Si2/c1-37-21-25-46(31-39(37)3)56(44-17-13-11-14-18-44)48-27-23-41-35-52-51-29-24-42-33-49(57(45-19-15-12-16-20-45)47-26-22-38(2)40(4)32-47)28-30-50(42)54(51)55(58(5,6)7,59(8,9)10)53(52)36-43(41)34-48/h11-36H,1-10H3. The molecule has 0 saturated heterocycles. The van der Waals surface area contributed by atoms with Crippen molar-refractivity contribution < 1.29 is 0 Å². The van der Waals surface area contributed by atoms with Gasteiger partial charge in [-0.3, -0.25) is 0 Å². The normalized spacial score (nSPS) is 13.4. The summed E-state index contributed by atoms with van der Waals surface area (Å²) < 4.78 is -0.0176. The van der Waals surface area contributed by atoms with E-state index in [1.54, 1.807) is 11.1 Å². The van der Waals surface area contributed by atoms with E-state index in [9.17, 15) is 0 Å². The Balaban J connectivity index is 1.26. The topological polar surface area (TPSA) is 6.48 Å². The van der Waals surface area contributed by atoms with Crippen LogP contribution in [0.2, 0.25) is 39.3 Å². The zero-order valence-corrected chi connectivity index (χ0v) is 38.4. The summed E-state index contributed by atoms with van der Waals surface area (Å²) in [5.74, 6) is 0. The van der Waals surface area contributed by atoms with Gasteiger partial charge in [0.05, 0.1) is 16.1 Å². The molecule has 0 saturated carbocycles. The second kappa shape index (κ2) is 14.3. The summed E-state index contributed by atoms with van der Waals surface area (Å²) in [5, 5.41) is 5.29. The van der Waals surface area contributed by atoms with Crippen molar-refractivity contribution in [2.24, 2.45) is 0 Å². The van der Waals surface area contributed by atoms with Gasteiger partial charge in [0.15, 0.2) is 0 Å². The molecule has 0 spiro atoms. The molecular formula is C55H56N2Si2. The van der Waals surface area contributed by atoms with Gasteiger partial charge in [-0.2, -0.15) is 0 Å². The molecule has 0 unspecified atom stereocenters. The number of rotatable bonds is 8. The van der Waals surface area contributed by atoms with E-state index < -0.39 is 16.1 Å². The first-order valence-corrected chi connectivity index (χ1v) is 28.2. The van der Waals surface area contributed by atoms with E-state index in [1.807, 2.05) is 0 Å². The molecule has 0 N–H and O–H groups in total. The van der Waals surface area contributed by atoms with Crippen molar-refractivity contribution in [2.75, 3.05) is 9.80 Å². The number of anilines is 6. The zero-order chi connectivity index (χ0) is 41.4. The molecule has 0 amide bonds. The Labute approximate surface area is 353 Å². The molecule has 59 heavy (non-hydrogen) atoms. The first kappa shape index (κ1) is 38.8. The quantitative estimate of drug-likeness (QED) is 0.141. The molecule has 2 nitrogen and oxygen atoms in total. The van der Waals surface area contributed by atoms with E-state index in [4.69, 9.17) is 0 Å². The van der Waals surface area contributed by atoms with Gasteiger partial charge >= 0.3 is 0 Å². The van der Waals surface area contributed by atoms with Crippen LogP contribution in [0, 0.1) is 27.7 Å². The van der Waals surface area contributed by atoms with E-state index in [1.165, 1.54) is 77.7 Å². The minimum atomic E-state index is -1.98. The molecule has 1 aliphatic rings. The maximum absolute atomic E-state index is 2.63. The van der Waals surface area contributed by atoms with Gasteiger partial charge in [0.2, 0.25) is 0 Å². The van der Waals surface area contributed by atoms with Crippen molar-refractivity contribution in [3.63, 3.8) is 0 Å². The van der Waals surface area contributed by atoms with Crippen molar-refractivity contribution in [3.05, 3.63) is 191 Å². The van der Waals surface area contributed by atoms with Gasteiger partial charge in [0.25, 0.3) is 0 Å². The van der Waals surface area contributed by atoms with Crippen LogP contribution in [0.15, 0.2) is 158 Å². The summed E-state index contributed by atoms with van der Waals surface area (Å²) in [4.78, 5) is 4.83. The van der Waals surface area contributed by atoms with Gasteiger partial charge in [-0.05, 0) is 173 Å². The average molecular weight is 801 g/mol. The van der Waals surface area contributed by atoms with Crippen molar-refractivity contribution in [1.29, 1.82) is 0 Å². The average Bonchev–Trinajstić information content (AvgIpc) is 3.52. The van der Waals surface area contributed by atoms with Crippen LogP contribution >= 0.6 is 0 Å². The first-order chi connectivity index (χ1) is 28.2. The van der Waals surface area contributed by atoms with Crippen molar-refractivity contribution in [1.82, 2.24) is 0 Å². The molecule has 0 aromatic heterocycles. The molecule has 0 atom stereocenters. The fourth-order valence-corrected chi connectivity index (χ4v) is 23.7. The molecule has 0 heterocycles. The summed E-state index contributed by atoms with van der Waals surface area (Å²) in [6, 6.07) is 59.7. The highest BCUT2D eigenvalue weighted by atomic mass is 28.4. The van der Waals surface area contributed by atoms with Crippen LogP contribution in [0.5, 0.6) is 0 Å². The summed E-state index contributed by atoms with van der Waals surface area (Å²) in [6.07, 6.45) is 0. The van der Waals surface area contributed by atoms with Gasteiger partial charge < -0.3 is 9.80 Å². The maximum atomic E-state index is 2.63. The molecule has 8 aromatic carbocycles. The Kier molecular flexibility index (Phi) is 9.37. The molecule has 294 valence electrons. The Morgan fingerprint density at radius 2 is 0.814 bits per heavy atom. The van der Waals surface area contributed by atoms with Gasteiger partial charge in [-0.1, -0.05) is 118 Å². The number of hydrogen-bond acceptors (Lipinski definition) is 2. The lowest BCUT2D eigenvalue weighted by Gasteiger charge is -2.51. The lowest BCUT2D eigenvalue weighted by molar-refractivity contribution is 0.964. The monoisotopic (exact) mass is 800 g/mol. The number of fused-ring (bicyclic) bond motifs is 6. The van der Waals surface area contributed by atoms with Gasteiger partial charge in [-0.25, -0.2) is 0 Å². The minimum Gasteiger partial charge on any atom is -0.310 e. The fourth-order valence-electron chi connectivity index (χ4n) is 10.6. The number of nitrogens with zero attached hydrogens (tertiary/aromatic N) is 2. The third-order valence-electron chi connectivity index (χ3n) is 13.3. The number of aryl methyl sites for hydroxylation is 4. The van der Waals surface area contributed by atoms with E-state index in [-0.39, 0.29) is 4.66 Å². The third-order valence-corrected chi connectivity index (χ3v) is 23.4. The van der Waals surface area contributed by atoms with Gasteiger partial charge in [-0.15, -0.1) is 0 Å². The van der Waals surface area contributed by atoms with Crippen LogP contribution in [-0.2, 0) is 4.66 Å². The lowest BCUT2D eigenvalue weighted by Crippen LogP contribution is -2.63. The number of hydrogen-bond donors (Lipinski definition) is 0. The van der Waals surface area contributed by atoms with E-state index in [2.05, 4.69) is 235 Å². The van der Waals surface area contributed by atoms with E-state index in [0.29, 0.717) is 0 Å².